The second kappa shape index (κ2) is 7.68. The molecule has 29 heavy (non-hydrogen) atoms. The van der Waals surface area contributed by atoms with E-state index < -0.39 is 17.3 Å². The second-order valence-electron chi connectivity index (χ2n) is 6.72. The second-order valence-corrected chi connectivity index (χ2v) is 6.72. The summed E-state index contributed by atoms with van der Waals surface area (Å²) < 4.78 is 41.1. The Bertz CT molecular complexity index is 961. The number of halogens is 3. The van der Waals surface area contributed by atoms with Crippen LogP contribution in [0.1, 0.15) is 39.0 Å². The molecule has 0 aliphatic rings. The van der Waals surface area contributed by atoms with Crippen LogP contribution in [-0.4, -0.2) is 41.3 Å². The van der Waals surface area contributed by atoms with Crippen LogP contribution in [0.3, 0.4) is 0 Å². The van der Waals surface area contributed by atoms with Gasteiger partial charge in [-0.15, -0.1) is 0 Å². The molecule has 0 radical (unpaired) electrons. The SMILES string of the molecule is CCNc1nc(Nc2cc(C(C)(C)n3nccn3)nn2CC)ncc1C(F)(F)F. The number of anilines is 3. The molecule has 3 aromatic heterocycles. The molecule has 0 amide bonds. The minimum atomic E-state index is -4.55. The molecule has 0 saturated heterocycles. The van der Waals surface area contributed by atoms with Crippen molar-refractivity contribution in [3.63, 3.8) is 0 Å². The van der Waals surface area contributed by atoms with Crippen molar-refractivity contribution < 1.29 is 13.2 Å². The molecule has 9 nitrogen and oxygen atoms in total. The number of nitrogens with zero attached hydrogens (tertiary/aromatic N) is 7. The van der Waals surface area contributed by atoms with Crippen LogP contribution < -0.4 is 10.6 Å². The van der Waals surface area contributed by atoms with Crippen molar-refractivity contribution in [2.24, 2.45) is 0 Å². The molecular weight excluding hydrogens is 387 g/mol. The van der Waals surface area contributed by atoms with E-state index in [1.54, 1.807) is 30.1 Å². The van der Waals surface area contributed by atoms with Crippen LogP contribution in [0.25, 0.3) is 0 Å². The maximum absolute atomic E-state index is 13.1. The van der Waals surface area contributed by atoms with Crippen molar-refractivity contribution in [1.29, 1.82) is 0 Å². The summed E-state index contributed by atoms with van der Waals surface area (Å²) in [5.74, 6) is 0.302. The highest BCUT2D eigenvalue weighted by Crippen LogP contribution is 2.34. The molecule has 0 bridgehead atoms. The van der Waals surface area contributed by atoms with E-state index in [0.29, 0.717) is 24.6 Å². The third-order valence-electron chi connectivity index (χ3n) is 4.30. The van der Waals surface area contributed by atoms with Crippen LogP contribution in [0, 0.1) is 0 Å². The van der Waals surface area contributed by atoms with E-state index in [9.17, 15) is 13.2 Å². The lowest BCUT2D eigenvalue weighted by molar-refractivity contribution is -0.137. The Labute approximate surface area is 165 Å². The quantitative estimate of drug-likeness (QED) is 0.618. The summed E-state index contributed by atoms with van der Waals surface area (Å²) in [5.41, 5.74) is -0.867. The van der Waals surface area contributed by atoms with E-state index in [1.807, 2.05) is 20.8 Å². The highest BCUT2D eigenvalue weighted by Gasteiger charge is 2.35. The molecule has 3 rings (SSSR count). The van der Waals surface area contributed by atoms with E-state index in [4.69, 9.17) is 0 Å². The van der Waals surface area contributed by atoms with Crippen LogP contribution in [0.5, 0.6) is 0 Å². The van der Waals surface area contributed by atoms with Gasteiger partial charge in [-0.1, -0.05) is 0 Å². The van der Waals surface area contributed by atoms with E-state index in [-0.39, 0.29) is 11.8 Å². The predicted molar refractivity (Wildman–Crippen MR) is 101 cm³/mol. The van der Waals surface area contributed by atoms with Crippen LogP contribution in [-0.2, 0) is 18.3 Å². The normalized spacial score (nSPS) is 12.2. The highest BCUT2D eigenvalue weighted by molar-refractivity contribution is 5.54. The fourth-order valence-electron chi connectivity index (χ4n) is 2.73. The summed E-state index contributed by atoms with van der Waals surface area (Å²) in [5, 5.41) is 18.5. The van der Waals surface area contributed by atoms with Crippen molar-refractivity contribution >= 4 is 17.6 Å². The first-order valence-corrected chi connectivity index (χ1v) is 9.07. The van der Waals surface area contributed by atoms with Crippen molar-refractivity contribution in [1.82, 2.24) is 34.7 Å². The van der Waals surface area contributed by atoms with Gasteiger partial charge in [0.05, 0.1) is 18.1 Å². The largest absolute Gasteiger partial charge is 0.421 e. The summed E-state index contributed by atoms with van der Waals surface area (Å²) >= 11 is 0. The minimum absolute atomic E-state index is 0.0325. The smallest absolute Gasteiger partial charge is 0.370 e. The molecule has 12 heteroatoms. The van der Waals surface area contributed by atoms with Gasteiger partial charge in [0.25, 0.3) is 0 Å². The predicted octanol–water partition coefficient (Wildman–Crippen LogP) is 3.26. The first kappa shape index (κ1) is 20.6. The van der Waals surface area contributed by atoms with Crippen molar-refractivity contribution in [3.05, 3.63) is 35.9 Å². The number of nitrogens with one attached hydrogen (secondary N) is 2. The third kappa shape index (κ3) is 4.15. The lowest BCUT2D eigenvalue weighted by Crippen LogP contribution is -2.30. The van der Waals surface area contributed by atoms with Gasteiger partial charge in [0, 0.05) is 25.4 Å². The van der Waals surface area contributed by atoms with Crippen LogP contribution >= 0.6 is 0 Å². The molecule has 0 aliphatic heterocycles. The number of alkyl halides is 3. The highest BCUT2D eigenvalue weighted by atomic mass is 19.4. The van der Waals surface area contributed by atoms with Gasteiger partial charge in [0.1, 0.15) is 22.7 Å². The Kier molecular flexibility index (Phi) is 5.44. The first-order valence-electron chi connectivity index (χ1n) is 9.07. The number of aryl methyl sites for hydroxylation is 1. The van der Waals surface area contributed by atoms with Crippen molar-refractivity contribution in [2.75, 3.05) is 17.2 Å². The number of hydrogen-bond donors (Lipinski definition) is 2. The Morgan fingerprint density at radius 1 is 1.10 bits per heavy atom. The van der Waals surface area contributed by atoms with Gasteiger partial charge in [-0.25, -0.2) is 9.67 Å². The Balaban J connectivity index is 1.94. The lowest BCUT2D eigenvalue weighted by Gasteiger charge is -2.20. The molecule has 156 valence electrons. The van der Waals surface area contributed by atoms with Gasteiger partial charge in [-0.2, -0.15) is 38.2 Å². The number of rotatable bonds is 7. The first-order chi connectivity index (χ1) is 13.7. The molecule has 0 aliphatic carbocycles. The Morgan fingerprint density at radius 2 is 1.79 bits per heavy atom. The fraction of sp³-hybridized carbons (Fsp3) is 0.471. The Morgan fingerprint density at radius 3 is 2.38 bits per heavy atom. The van der Waals surface area contributed by atoms with E-state index >= 15 is 0 Å². The summed E-state index contributed by atoms with van der Waals surface area (Å²) in [6.07, 6.45) is -0.625. The van der Waals surface area contributed by atoms with Crippen LogP contribution in [0.2, 0.25) is 0 Å². The maximum atomic E-state index is 13.1. The molecule has 0 atom stereocenters. The minimum Gasteiger partial charge on any atom is -0.370 e. The fourth-order valence-corrected chi connectivity index (χ4v) is 2.73. The zero-order valence-corrected chi connectivity index (χ0v) is 16.5. The van der Waals surface area contributed by atoms with E-state index in [0.717, 1.165) is 6.20 Å². The molecule has 0 saturated carbocycles. The molecule has 0 unspecified atom stereocenters. The van der Waals surface area contributed by atoms with Crippen molar-refractivity contribution in [3.8, 4) is 0 Å². The van der Waals surface area contributed by atoms with E-state index in [1.165, 1.54) is 4.80 Å². The topological polar surface area (TPSA) is 98.4 Å². The molecule has 3 heterocycles. The maximum Gasteiger partial charge on any atom is 0.421 e. The molecule has 0 fully saturated rings. The van der Waals surface area contributed by atoms with Gasteiger partial charge in [-0.05, 0) is 27.7 Å². The summed E-state index contributed by atoms with van der Waals surface area (Å²) in [4.78, 5) is 9.36. The zero-order valence-electron chi connectivity index (χ0n) is 16.5. The van der Waals surface area contributed by atoms with Gasteiger partial charge in [0.2, 0.25) is 5.95 Å². The van der Waals surface area contributed by atoms with Gasteiger partial charge in [-0.3, -0.25) is 0 Å². The van der Waals surface area contributed by atoms with Crippen molar-refractivity contribution in [2.45, 2.75) is 46.0 Å². The third-order valence-corrected chi connectivity index (χ3v) is 4.30. The van der Waals surface area contributed by atoms with Crippen LogP contribution in [0.15, 0.2) is 24.7 Å². The monoisotopic (exact) mass is 409 g/mol. The summed E-state index contributed by atoms with van der Waals surface area (Å²) in [6, 6.07) is 1.78. The van der Waals surface area contributed by atoms with Gasteiger partial charge < -0.3 is 10.6 Å². The Hall–Kier alpha value is -3.18. The summed E-state index contributed by atoms with van der Waals surface area (Å²) in [6.45, 7) is 8.25. The molecule has 2 N–H and O–H groups in total. The number of hydrogen-bond acceptors (Lipinski definition) is 7. The van der Waals surface area contributed by atoms with Gasteiger partial charge in [0.15, 0.2) is 0 Å². The van der Waals surface area contributed by atoms with Gasteiger partial charge >= 0.3 is 6.18 Å². The average Bonchev–Trinajstić information content (AvgIpc) is 3.31. The lowest BCUT2D eigenvalue weighted by atomic mass is 10.0. The number of aromatic nitrogens is 7. The molecule has 3 aromatic rings. The molecular formula is C17H22F3N9. The average molecular weight is 409 g/mol. The zero-order chi connectivity index (χ0) is 21.2. The molecule has 0 spiro atoms. The summed E-state index contributed by atoms with van der Waals surface area (Å²) in [7, 11) is 0. The standard InChI is InChI=1S/C17H22F3N9/c1-5-21-14-11(17(18,19)20)10-22-15(26-14)25-13-9-12(27-28(13)6-2)16(3,4)29-23-7-8-24-29/h7-10H,5-6H2,1-4H3,(H2,21,22,25,26). The van der Waals surface area contributed by atoms with Crippen LogP contribution in [0.4, 0.5) is 30.8 Å². The van der Waals surface area contributed by atoms with E-state index in [2.05, 4.69) is 35.9 Å². The molecule has 0 aromatic carbocycles.